The zero-order chi connectivity index (χ0) is 17.2. The van der Waals surface area contributed by atoms with Crippen LogP contribution in [0.4, 0.5) is 4.39 Å². The van der Waals surface area contributed by atoms with Gasteiger partial charge in [0.2, 0.25) is 0 Å². The predicted octanol–water partition coefficient (Wildman–Crippen LogP) is 5.08. The summed E-state index contributed by atoms with van der Waals surface area (Å²) in [7, 11) is 0. The lowest BCUT2D eigenvalue weighted by Gasteiger charge is -2.03. The second-order valence-corrected chi connectivity index (χ2v) is 7.30. The topological polar surface area (TPSA) is 45.8 Å². The zero-order valence-electron chi connectivity index (χ0n) is 13.0. The SMILES string of the molecule is O=c1[nH]c(SCc2ccc(F)cc2)nc2scc(-c3ccccc3)c12. The van der Waals surface area contributed by atoms with Crippen molar-refractivity contribution < 1.29 is 4.39 Å². The van der Waals surface area contributed by atoms with Gasteiger partial charge in [-0.3, -0.25) is 4.79 Å². The molecule has 124 valence electrons. The highest BCUT2D eigenvalue weighted by molar-refractivity contribution is 7.98. The Hall–Kier alpha value is -2.44. The lowest BCUT2D eigenvalue weighted by molar-refractivity contribution is 0.627. The van der Waals surface area contributed by atoms with Crippen LogP contribution in [0.5, 0.6) is 0 Å². The van der Waals surface area contributed by atoms with E-state index in [1.54, 1.807) is 12.1 Å². The standard InChI is InChI=1S/C19H13FN2OS2/c20-14-8-6-12(7-9-14)10-25-19-21-17(23)16-15(11-24-18(16)22-19)13-4-2-1-3-5-13/h1-9,11H,10H2,(H,21,22,23). The maximum atomic E-state index is 13.0. The van der Waals surface area contributed by atoms with Gasteiger partial charge in [-0.15, -0.1) is 11.3 Å². The van der Waals surface area contributed by atoms with Crippen molar-refractivity contribution in [3.8, 4) is 11.1 Å². The Balaban J connectivity index is 1.64. The van der Waals surface area contributed by atoms with Gasteiger partial charge < -0.3 is 4.98 Å². The molecule has 0 radical (unpaired) electrons. The summed E-state index contributed by atoms with van der Waals surface area (Å²) in [5.74, 6) is 0.361. The Labute approximate surface area is 151 Å². The fourth-order valence-corrected chi connectivity index (χ4v) is 4.38. The Bertz CT molecular complexity index is 1070. The molecule has 3 nitrogen and oxygen atoms in total. The summed E-state index contributed by atoms with van der Waals surface area (Å²) in [6.45, 7) is 0. The molecule has 0 aliphatic rings. The molecule has 0 aliphatic heterocycles. The van der Waals surface area contributed by atoms with Gasteiger partial charge in [0.15, 0.2) is 5.16 Å². The molecule has 6 heteroatoms. The number of halogens is 1. The number of aromatic amines is 1. The highest BCUT2D eigenvalue weighted by Crippen LogP contribution is 2.31. The van der Waals surface area contributed by atoms with Gasteiger partial charge in [0.25, 0.3) is 5.56 Å². The first-order valence-corrected chi connectivity index (χ1v) is 9.51. The summed E-state index contributed by atoms with van der Waals surface area (Å²) in [5.41, 5.74) is 2.76. The third-order valence-electron chi connectivity index (χ3n) is 3.80. The molecule has 0 fully saturated rings. The smallest absolute Gasteiger partial charge is 0.260 e. The number of rotatable bonds is 4. The fourth-order valence-electron chi connectivity index (χ4n) is 2.56. The van der Waals surface area contributed by atoms with Crippen molar-refractivity contribution >= 4 is 33.3 Å². The van der Waals surface area contributed by atoms with Gasteiger partial charge in [0, 0.05) is 16.7 Å². The van der Waals surface area contributed by atoms with Crippen molar-refractivity contribution in [3.63, 3.8) is 0 Å². The number of thioether (sulfide) groups is 1. The van der Waals surface area contributed by atoms with Gasteiger partial charge in [0.1, 0.15) is 10.6 Å². The highest BCUT2D eigenvalue weighted by Gasteiger charge is 2.13. The van der Waals surface area contributed by atoms with E-state index in [-0.39, 0.29) is 11.4 Å². The van der Waals surface area contributed by atoms with Crippen molar-refractivity contribution in [3.05, 3.63) is 81.7 Å². The van der Waals surface area contributed by atoms with Crippen LogP contribution in [0.2, 0.25) is 0 Å². The van der Waals surface area contributed by atoms with Crippen molar-refractivity contribution in [1.29, 1.82) is 0 Å². The van der Waals surface area contributed by atoms with E-state index in [4.69, 9.17) is 0 Å². The van der Waals surface area contributed by atoms with Gasteiger partial charge in [-0.1, -0.05) is 54.2 Å². The molecule has 0 saturated carbocycles. The van der Waals surface area contributed by atoms with E-state index in [0.29, 0.717) is 16.3 Å². The second kappa shape index (κ2) is 6.82. The molecule has 2 heterocycles. The van der Waals surface area contributed by atoms with Crippen LogP contribution in [0, 0.1) is 5.82 Å². The van der Waals surface area contributed by atoms with Crippen LogP contribution < -0.4 is 5.56 Å². The first-order valence-electron chi connectivity index (χ1n) is 7.65. The summed E-state index contributed by atoms with van der Waals surface area (Å²) in [5, 5.41) is 3.17. The summed E-state index contributed by atoms with van der Waals surface area (Å²) in [6.07, 6.45) is 0. The monoisotopic (exact) mass is 368 g/mol. The molecule has 0 bridgehead atoms. The van der Waals surface area contributed by atoms with Gasteiger partial charge in [-0.05, 0) is 23.3 Å². The Kier molecular flexibility index (Phi) is 4.38. The third-order valence-corrected chi connectivity index (χ3v) is 5.61. The molecule has 0 atom stereocenters. The Morgan fingerprint density at radius 1 is 1.08 bits per heavy atom. The second-order valence-electron chi connectivity index (χ2n) is 5.48. The lowest BCUT2D eigenvalue weighted by Crippen LogP contribution is -2.08. The maximum Gasteiger partial charge on any atom is 0.260 e. The number of nitrogens with zero attached hydrogens (tertiary/aromatic N) is 1. The van der Waals surface area contributed by atoms with E-state index < -0.39 is 0 Å². The fraction of sp³-hybridized carbons (Fsp3) is 0.0526. The third kappa shape index (κ3) is 3.36. The Morgan fingerprint density at radius 3 is 2.60 bits per heavy atom. The van der Waals surface area contributed by atoms with Crippen LogP contribution in [0.1, 0.15) is 5.56 Å². The van der Waals surface area contributed by atoms with Crippen LogP contribution in [-0.4, -0.2) is 9.97 Å². The minimum absolute atomic E-state index is 0.133. The molecular weight excluding hydrogens is 355 g/mol. The van der Waals surface area contributed by atoms with Crippen molar-refractivity contribution in [2.24, 2.45) is 0 Å². The Morgan fingerprint density at radius 2 is 1.84 bits per heavy atom. The minimum Gasteiger partial charge on any atom is -0.301 e. The van der Waals surface area contributed by atoms with E-state index in [2.05, 4.69) is 9.97 Å². The molecule has 0 unspecified atom stereocenters. The molecule has 4 rings (SSSR count). The van der Waals surface area contributed by atoms with Gasteiger partial charge in [-0.2, -0.15) is 0 Å². The molecule has 0 amide bonds. The summed E-state index contributed by atoms with van der Waals surface area (Å²) < 4.78 is 13.0. The largest absolute Gasteiger partial charge is 0.301 e. The zero-order valence-corrected chi connectivity index (χ0v) is 14.7. The lowest BCUT2D eigenvalue weighted by atomic mass is 10.1. The van der Waals surface area contributed by atoms with Crippen LogP contribution in [0.15, 0.2) is 69.9 Å². The molecule has 0 aliphatic carbocycles. The molecule has 2 aromatic heterocycles. The van der Waals surface area contributed by atoms with Gasteiger partial charge in [-0.25, -0.2) is 9.37 Å². The van der Waals surface area contributed by atoms with Crippen LogP contribution in [-0.2, 0) is 5.75 Å². The van der Waals surface area contributed by atoms with E-state index in [9.17, 15) is 9.18 Å². The maximum absolute atomic E-state index is 13.0. The average Bonchev–Trinajstić information content (AvgIpc) is 3.07. The summed E-state index contributed by atoms with van der Waals surface area (Å²) in [4.78, 5) is 20.7. The number of fused-ring (bicyclic) bond motifs is 1. The molecule has 4 aromatic rings. The normalized spacial score (nSPS) is 11.1. The number of hydrogen-bond acceptors (Lipinski definition) is 4. The van der Waals surface area contributed by atoms with Gasteiger partial charge >= 0.3 is 0 Å². The summed E-state index contributed by atoms with van der Waals surface area (Å²) in [6, 6.07) is 16.2. The van der Waals surface area contributed by atoms with E-state index in [1.807, 2.05) is 35.7 Å². The molecule has 0 spiro atoms. The molecular formula is C19H13FN2OS2. The quantitative estimate of drug-likeness (QED) is 0.403. The highest BCUT2D eigenvalue weighted by atomic mass is 32.2. The molecule has 1 N–H and O–H groups in total. The first kappa shape index (κ1) is 16.1. The number of nitrogens with one attached hydrogen (secondary N) is 1. The number of thiophene rings is 1. The number of H-pyrrole nitrogens is 1. The number of aromatic nitrogens is 2. The average molecular weight is 368 g/mol. The molecule has 2 aromatic carbocycles. The predicted molar refractivity (Wildman–Crippen MR) is 102 cm³/mol. The molecule has 0 saturated heterocycles. The minimum atomic E-state index is -0.256. The number of benzene rings is 2. The van der Waals surface area contributed by atoms with E-state index >= 15 is 0 Å². The van der Waals surface area contributed by atoms with E-state index in [0.717, 1.165) is 21.5 Å². The van der Waals surface area contributed by atoms with Crippen LogP contribution in [0.3, 0.4) is 0 Å². The molecule has 25 heavy (non-hydrogen) atoms. The van der Waals surface area contributed by atoms with Crippen LogP contribution in [0.25, 0.3) is 21.3 Å². The van der Waals surface area contributed by atoms with Crippen LogP contribution >= 0.6 is 23.1 Å². The summed E-state index contributed by atoms with van der Waals surface area (Å²) >= 11 is 2.90. The van der Waals surface area contributed by atoms with Crippen molar-refractivity contribution in [2.75, 3.05) is 0 Å². The first-order chi connectivity index (χ1) is 12.2. The van der Waals surface area contributed by atoms with Crippen molar-refractivity contribution in [1.82, 2.24) is 9.97 Å². The van der Waals surface area contributed by atoms with Gasteiger partial charge in [0.05, 0.1) is 5.39 Å². The van der Waals surface area contributed by atoms with Crippen molar-refractivity contribution in [2.45, 2.75) is 10.9 Å². The number of hydrogen-bond donors (Lipinski definition) is 1. The van der Waals surface area contributed by atoms with E-state index in [1.165, 1.54) is 35.2 Å².